The molecule has 0 aliphatic rings. The summed E-state index contributed by atoms with van der Waals surface area (Å²) in [6.07, 6.45) is 0. The third kappa shape index (κ3) is 7.57. The number of hydrogen-bond acceptors (Lipinski definition) is 3. The summed E-state index contributed by atoms with van der Waals surface area (Å²) in [6, 6.07) is 14.5. The molecule has 2 aromatic carbocycles. The van der Waals surface area contributed by atoms with Crippen LogP contribution in [0, 0.1) is 0 Å². The molecule has 0 fully saturated rings. The second-order valence-electron chi connectivity index (χ2n) is 7.08. The van der Waals surface area contributed by atoms with Crippen LogP contribution in [0.1, 0.15) is 31.9 Å². The quantitative estimate of drug-likeness (QED) is 0.570. The summed E-state index contributed by atoms with van der Waals surface area (Å²) in [5.74, 6) is 0.601. The Bertz CT molecular complexity index is 831. The minimum atomic E-state index is -0.565. The standard InChI is InChI=1S/C22H26Cl2N2O2S/c1-15(2)25-22(28)16(3)26(12-17-7-5-4-6-8-17)21(27)14-29-13-18-9-10-19(23)11-20(18)24/h4-11,15-16H,12-14H2,1-3H3,(H,25,28)/t16-/m0/s1. The minimum Gasteiger partial charge on any atom is -0.352 e. The van der Waals surface area contributed by atoms with E-state index < -0.39 is 6.04 Å². The van der Waals surface area contributed by atoms with Gasteiger partial charge in [0, 0.05) is 28.4 Å². The van der Waals surface area contributed by atoms with Crippen LogP contribution in [0.4, 0.5) is 0 Å². The number of rotatable bonds is 9. The van der Waals surface area contributed by atoms with Crippen molar-refractivity contribution in [1.82, 2.24) is 10.2 Å². The van der Waals surface area contributed by atoms with Crippen LogP contribution < -0.4 is 5.32 Å². The van der Waals surface area contributed by atoms with Gasteiger partial charge in [-0.15, -0.1) is 11.8 Å². The molecule has 156 valence electrons. The third-order valence-electron chi connectivity index (χ3n) is 4.29. The maximum absolute atomic E-state index is 13.0. The van der Waals surface area contributed by atoms with E-state index in [1.54, 1.807) is 24.0 Å². The van der Waals surface area contributed by atoms with Gasteiger partial charge in [0.05, 0.1) is 5.75 Å². The van der Waals surface area contributed by atoms with E-state index in [4.69, 9.17) is 23.2 Å². The molecular formula is C22H26Cl2N2O2S. The van der Waals surface area contributed by atoms with E-state index in [2.05, 4.69) is 5.32 Å². The van der Waals surface area contributed by atoms with E-state index in [0.717, 1.165) is 11.1 Å². The van der Waals surface area contributed by atoms with Gasteiger partial charge in [0.2, 0.25) is 11.8 Å². The normalized spacial score (nSPS) is 11.9. The first-order chi connectivity index (χ1) is 13.8. The Morgan fingerprint density at radius 3 is 2.38 bits per heavy atom. The van der Waals surface area contributed by atoms with Gasteiger partial charge >= 0.3 is 0 Å². The largest absolute Gasteiger partial charge is 0.352 e. The van der Waals surface area contributed by atoms with E-state index in [9.17, 15) is 9.59 Å². The van der Waals surface area contributed by atoms with Gasteiger partial charge in [0.1, 0.15) is 6.04 Å². The number of carbonyl (C=O) groups excluding carboxylic acids is 2. The molecule has 0 bridgehead atoms. The van der Waals surface area contributed by atoms with Crippen molar-refractivity contribution in [2.75, 3.05) is 5.75 Å². The highest BCUT2D eigenvalue weighted by atomic mass is 35.5. The summed E-state index contributed by atoms with van der Waals surface area (Å²) in [4.78, 5) is 27.1. The van der Waals surface area contributed by atoms with Crippen molar-refractivity contribution in [3.8, 4) is 0 Å². The summed E-state index contributed by atoms with van der Waals surface area (Å²) in [6.45, 7) is 5.95. The first-order valence-electron chi connectivity index (χ1n) is 9.43. The molecule has 1 N–H and O–H groups in total. The molecule has 0 unspecified atom stereocenters. The van der Waals surface area contributed by atoms with E-state index in [-0.39, 0.29) is 23.6 Å². The van der Waals surface area contributed by atoms with Crippen molar-refractivity contribution in [3.05, 3.63) is 69.7 Å². The Morgan fingerprint density at radius 1 is 1.07 bits per heavy atom. The number of amides is 2. The smallest absolute Gasteiger partial charge is 0.242 e. The van der Waals surface area contributed by atoms with Gasteiger partial charge < -0.3 is 10.2 Å². The zero-order valence-electron chi connectivity index (χ0n) is 16.8. The summed E-state index contributed by atoms with van der Waals surface area (Å²) in [7, 11) is 0. The van der Waals surface area contributed by atoms with Crippen LogP contribution >= 0.6 is 35.0 Å². The van der Waals surface area contributed by atoms with Gasteiger partial charge in [-0.05, 0) is 44.0 Å². The Labute approximate surface area is 187 Å². The van der Waals surface area contributed by atoms with E-state index in [1.807, 2.05) is 50.2 Å². The van der Waals surface area contributed by atoms with Crippen molar-refractivity contribution >= 4 is 46.8 Å². The monoisotopic (exact) mass is 452 g/mol. The Balaban J connectivity index is 2.05. The molecule has 0 aromatic heterocycles. The maximum Gasteiger partial charge on any atom is 0.242 e. The fraction of sp³-hybridized carbons (Fsp3) is 0.364. The Morgan fingerprint density at radius 2 is 1.76 bits per heavy atom. The Hall–Kier alpha value is -1.69. The van der Waals surface area contributed by atoms with Gasteiger partial charge in [-0.2, -0.15) is 0 Å². The van der Waals surface area contributed by atoms with Crippen molar-refractivity contribution in [1.29, 1.82) is 0 Å². The second-order valence-corrected chi connectivity index (χ2v) is 8.90. The second kappa shape index (κ2) is 11.5. The molecule has 0 aliphatic carbocycles. The number of hydrogen-bond donors (Lipinski definition) is 1. The molecule has 2 amide bonds. The minimum absolute atomic E-state index is 0.0139. The zero-order valence-corrected chi connectivity index (χ0v) is 19.2. The lowest BCUT2D eigenvalue weighted by atomic mass is 10.1. The van der Waals surface area contributed by atoms with Crippen molar-refractivity contribution in [2.45, 2.75) is 45.2 Å². The SMILES string of the molecule is CC(C)NC(=O)[C@H](C)N(Cc1ccccc1)C(=O)CSCc1ccc(Cl)cc1Cl. The molecule has 0 saturated heterocycles. The molecule has 0 saturated carbocycles. The average molecular weight is 453 g/mol. The van der Waals surface area contributed by atoms with Gasteiger partial charge in [-0.3, -0.25) is 9.59 Å². The van der Waals surface area contributed by atoms with Crippen LogP contribution in [0.3, 0.4) is 0 Å². The van der Waals surface area contributed by atoms with Crippen molar-refractivity contribution in [3.63, 3.8) is 0 Å². The molecule has 2 rings (SSSR count). The Kier molecular flexibility index (Phi) is 9.34. The molecule has 4 nitrogen and oxygen atoms in total. The number of nitrogens with zero attached hydrogens (tertiary/aromatic N) is 1. The van der Waals surface area contributed by atoms with Crippen LogP contribution in [0.5, 0.6) is 0 Å². The lowest BCUT2D eigenvalue weighted by Crippen LogP contribution is -2.49. The number of benzene rings is 2. The number of halogens is 2. The van der Waals surface area contributed by atoms with Crippen molar-refractivity contribution in [2.24, 2.45) is 0 Å². The van der Waals surface area contributed by atoms with Gasteiger partial charge in [0.25, 0.3) is 0 Å². The van der Waals surface area contributed by atoms with Crippen LogP contribution in [0.2, 0.25) is 10.0 Å². The molecule has 29 heavy (non-hydrogen) atoms. The fourth-order valence-corrected chi connectivity index (χ4v) is 4.21. The van der Waals surface area contributed by atoms with E-state index in [1.165, 1.54) is 11.8 Å². The first kappa shape index (κ1) is 23.6. The van der Waals surface area contributed by atoms with Gasteiger partial charge in [-0.1, -0.05) is 59.6 Å². The van der Waals surface area contributed by atoms with Crippen LogP contribution in [0.25, 0.3) is 0 Å². The first-order valence-corrected chi connectivity index (χ1v) is 11.3. The lowest BCUT2D eigenvalue weighted by Gasteiger charge is -2.29. The number of thioether (sulfide) groups is 1. The van der Waals surface area contributed by atoms with E-state index in [0.29, 0.717) is 22.3 Å². The van der Waals surface area contributed by atoms with Gasteiger partial charge in [0.15, 0.2) is 0 Å². The van der Waals surface area contributed by atoms with Gasteiger partial charge in [-0.25, -0.2) is 0 Å². The average Bonchev–Trinajstić information content (AvgIpc) is 2.67. The molecule has 1 atom stereocenters. The summed E-state index contributed by atoms with van der Waals surface area (Å²) in [5.41, 5.74) is 1.91. The highest BCUT2D eigenvalue weighted by Crippen LogP contribution is 2.25. The molecule has 0 heterocycles. The molecule has 0 aliphatic heterocycles. The maximum atomic E-state index is 13.0. The number of nitrogens with one attached hydrogen (secondary N) is 1. The third-order valence-corrected chi connectivity index (χ3v) is 5.85. The fourth-order valence-electron chi connectivity index (χ4n) is 2.74. The van der Waals surface area contributed by atoms with E-state index >= 15 is 0 Å². The van der Waals surface area contributed by atoms with Crippen LogP contribution in [-0.4, -0.2) is 34.6 Å². The van der Waals surface area contributed by atoms with Crippen LogP contribution in [0.15, 0.2) is 48.5 Å². The molecular weight excluding hydrogens is 427 g/mol. The molecule has 0 radical (unpaired) electrons. The molecule has 2 aromatic rings. The predicted molar refractivity (Wildman–Crippen MR) is 122 cm³/mol. The summed E-state index contributed by atoms with van der Waals surface area (Å²) >= 11 is 13.6. The summed E-state index contributed by atoms with van der Waals surface area (Å²) < 4.78 is 0. The zero-order chi connectivity index (χ0) is 21.4. The molecule has 7 heteroatoms. The van der Waals surface area contributed by atoms with Crippen molar-refractivity contribution < 1.29 is 9.59 Å². The predicted octanol–water partition coefficient (Wildman–Crippen LogP) is 5.17. The highest BCUT2D eigenvalue weighted by Gasteiger charge is 2.26. The lowest BCUT2D eigenvalue weighted by molar-refractivity contribution is -0.138. The molecule has 0 spiro atoms. The highest BCUT2D eigenvalue weighted by molar-refractivity contribution is 7.99. The number of carbonyl (C=O) groups is 2. The summed E-state index contributed by atoms with van der Waals surface area (Å²) in [5, 5.41) is 4.06. The van der Waals surface area contributed by atoms with Crippen LogP contribution in [-0.2, 0) is 21.9 Å². The topological polar surface area (TPSA) is 49.4 Å².